The fraction of sp³-hybridized carbons (Fsp3) is 0.129. The number of benzene rings is 4. The van der Waals surface area contributed by atoms with E-state index >= 15 is 0 Å². The lowest BCUT2D eigenvalue weighted by atomic mass is 9.71. The van der Waals surface area contributed by atoms with Gasteiger partial charge in [0.25, 0.3) is 0 Å². The van der Waals surface area contributed by atoms with Gasteiger partial charge in [0.2, 0.25) is 0 Å². The fourth-order valence-electron chi connectivity index (χ4n) is 4.70. The van der Waals surface area contributed by atoms with Gasteiger partial charge in [-0.25, -0.2) is 4.79 Å². The molecule has 0 saturated heterocycles. The first kappa shape index (κ1) is 21.0. The van der Waals surface area contributed by atoms with Crippen LogP contribution in [0.15, 0.2) is 91.0 Å². The van der Waals surface area contributed by atoms with Gasteiger partial charge in [0.05, 0.1) is 5.56 Å². The Balaban J connectivity index is 1.56. The number of hydrogen-bond donors (Lipinski definition) is 1. The van der Waals surface area contributed by atoms with Crippen molar-refractivity contribution in [2.75, 3.05) is 0 Å². The Hall–Kier alpha value is -3.91. The van der Waals surface area contributed by atoms with Gasteiger partial charge in [0.1, 0.15) is 0 Å². The summed E-state index contributed by atoms with van der Waals surface area (Å²) in [4.78, 5) is 11.1. The van der Waals surface area contributed by atoms with Crippen molar-refractivity contribution < 1.29 is 9.90 Å². The average molecular weight is 431 g/mol. The molecule has 4 aromatic rings. The van der Waals surface area contributed by atoms with Gasteiger partial charge in [-0.2, -0.15) is 0 Å². The first-order chi connectivity index (χ1) is 15.9. The quantitative estimate of drug-likeness (QED) is 0.335. The lowest BCUT2D eigenvalue weighted by Crippen LogP contribution is -2.22. The van der Waals surface area contributed by atoms with Crippen molar-refractivity contribution in [3.8, 4) is 0 Å². The first-order valence-electron chi connectivity index (χ1n) is 11.3. The van der Waals surface area contributed by atoms with Crippen molar-refractivity contribution >= 4 is 34.5 Å². The fourth-order valence-corrected chi connectivity index (χ4v) is 4.70. The van der Waals surface area contributed by atoms with Crippen molar-refractivity contribution in [1.82, 2.24) is 0 Å². The summed E-state index contributed by atoms with van der Waals surface area (Å²) in [5, 5.41) is 11.6. The molecule has 1 aliphatic carbocycles. The molecule has 0 radical (unpaired) electrons. The SMILES string of the molecule is CC1(C)CC=C(c2cccc3ccccc23)c2cc(/C=C/c3ccc(C(=O)O)cc3)ccc21. The van der Waals surface area contributed by atoms with E-state index < -0.39 is 5.97 Å². The second-order valence-electron chi connectivity index (χ2n) is 9.30. The number of carbonyl (C=O) groups is 1. The normalized spacial score (nSPS) is 14.8. The van der Waals surface area contributed by atoms with E-state index in [-0.39, 0.29) is 5.41 Å². The van der Waals surface area contributed by atoms with E-state index in [0.717, 1.165) is 17.5 Å². The highest BCUT2D eigenvalue weighted by Crippen LogP contribution is 2.43. The second-order valence-corrected chi connectivity index (χ2v) is 9.30. The van der Waals surface area contributed by atoms with Crippen LogP contribution < -0.4 is 0 Å². The van der Waals surface area contributed by atoms with Crippen LogP contribution in [0, 0.1) is 0 Å². The summed E-state index contributed by atoms with van der Waals surface area (Å²) in [5.41, 5.74) is 7.70. The summed E-state index contributed by atoms with van der Waals surface area (Å²) in [6, 6.07) is 28.8. The highest BCUT2D eigenvalue weighted by Gasteiger charge is 2.29. The predicted molar refractivity (Wildman–Crippen MR) is 137 cm³/mol. The third kappa shape index (κ3) is 4.01. The molecule has 0 amide bonds. The van der Waals surface area contributed by atoms with Gasteiger partial charge in [-0.15, -0.1) is 0 Å². The Kier molecular flexibility index (Phi) is 5.22. The molecule has 0 spiro atoms. The molecule has 0 aliphatic heterocycles. The lowest BCUT2D eigenvalue weighted by molar-refractivity contribution is 0.0697. The number of aromatic carboxylic acids is 1. The van der Waals surface area contributed by atoms with Crippen LogP contribution in [0.4, 0.5) is 0 Å². The Morgan fingerprint density at radius 2 is 1.52 bits per heavy atom. The van der Waals surface area contributed by atoms with Crippen molar-refractivity contribution in [1.29, 1.82) is 0 Å². The molecule has 0 bridgehead atoms. The maximum atomic E-state index is 11.1. The van der Waals surface area contributed by atoms with Gasteiger partial charge in [-0.1, -0.05) is 98.8 Å². The number of hydrogen-bond acceptors (Lipinski definition) is 1. The summed E-state index contributed by atoms with van der Waals surface area (Å²) in [5.74, 6) is -0.907. The number of carboxylic acid groups (broad SMARTS) is 1. The molecule has 33 heavy (non-hydrogen) atoms. The van der Waals surface area contributed by atoms with Gasteiger partial charge in [0, 0.05) is 0 Å². The van der Waals surface area contributed by atoms with Crippen LogP contribution in [0.1, 0.15) is 58.4 Å². The maximum Gasteiger partial charge on any atom is 0.335 e. The van der Waals surface area contributed by atoms with Crippen LogP contribution in [0.2, 0.25) is 0 Å². The molecular formula is C31H26O2. The van der Waals surface area contributed by atoms with E-state index in [1.54, 1.807) is 12.1 Å². The van der Waals surface area contributed by atoms with Gasteiger partial charge in [-0.3, -0.25) is 0 Å². The van der Waals surface area contributed by atoms with E-state index in [4.69, 9.17) is 5.11 Å². The molecule has 0 atom stereocenters. The van der Waals surface area contributed by atoms with Crippen molar-refractivity contribution in [3.05, 3.63) is 124 Å². The Morgan fingerprint density at radius 3 is 2.30 bits per heavy atom. The maximum absolute atomic E-state index is 11.1. The molecule has 1 aliphatic rings. The largest absolute Gasteiger partial charge is 0.478 e. The van der Waals surface area contributed by atoms with E-state index in [0.29, 0.717) is 5.56 Å². The summed E-state index contributed by atoms with van der Waals surface area (Å²) < 4.78 is 0. The molecule has 0 saturated carbocycles. The minimum Gasteiger partial charge on any atom is -0.478 e. The van der Waals surface area contributed by atoms with Crippen LogP contribution in [-0.2, 0) is 5.41 Å². The monoisotopic (exact) mass is 430 g/mol. The van der Waals surface area contributed by atoms with Crippen molar-refractivity contribution in [2.24, 2.45) is 0 Å². The zero-order chi connectivity index (χ0) is 23.0. The average Bonchev–Trinajstić information content (AvgIpc) is 2.83. The predicted octanol–water partition coefficient (Wildman–Crippen LogP) is 7.82. The molecule has 0 unspecified atom stereocenters. The van der Waals surface area contributed by atoms with Crippen molar-refractivity contribution in [2.45, 2.75) is 25.7 Å². The van der Waals surface area contributed by atoms with E-state index in [2.05, 4.69) is 86.7 Å². The van der Waals surface area contributed by atoms with Gasteiger partial charge in [-0.05, 0) is 74.2 Å². The third-order valence-corrected chi connectivity index (χ3v) is 6.59. The summed E-state index contributed by atoms with van der Waals surface area (Å²) in [6.07, 6.45) is 7.52. The van der Waals surface area contributed by atoms with E-state index in [1.807, 2.05) is 18.2 Å². The van der Waals surface area contributed by atoms with E-state index in [1.165, 1.54) is 33.0 Å². The molecule has 5 rings (SSSR count). The van der Waals surface area contributed by atoms with Crippen LogP contribution in [0.3, 0.4) is 0 Å². The highest BCUT2D eigenvalue weighted by atomic mass is 16.4. The Morgan fingerprint density at radius 1 is 0.818 bits per heavy atom. The minimum atomic E-state index is -0.907. The number of fused-ring (bicyclic) bond motifs is 2. The first-order valence-corrected chi connectivity index (χ1v) is 11.3. The molecule has 0 aromatic heterocycles. The highest BCUT2D eigenvalue weighted by molar-refractivity contribution is 5.99. The summed E-state index contributed by atoms with van der Waals surface area (Å²) >= 11 is 0. The van der Waals surface area contributed by atoms with Crippen LogP contribution in [0.25, 0.3) is 28.5 Å². The summed E-state index contributed by atoms with van der Waals surface area (Å²) in [7, 11) is 0. The van der Waals surface area contributed by atoms with Crippen molar-refractivity contribution in [3.63, 3.8) is 0 Å². The van der Waals surface area contributed by atoms with Crippen LogP contribution >= 0.6 is 0 Å². The Bertz CT molecular complexity index is 1410. The standard InChI is InChI=1S/C31H26O2/c1-31(2)19-18-27(26-9-5-7-23-6-3-4-8-25(23)26)28-20-22(14-17-29(28)31)11-10-21-12-15-24(16-13-21)30(32)33/h3-18,20H,19H2,1-2H3,(H,32,33)/b11-10+. The molecule has 2 nitrogen and oxygen atoms in total. The molecular weight excluding hydrogens is 404 g/mol. The number of carboxylic acids is 1. The zero-order valence-electron chi connectivity index (χ0n) is 18.9. The third-order valence-electron chi connectivity index (χ3n) is 6.59. The van der Waals surface area contributed by atoms with Gasteiger partial charge in [0.15, 0.2) is 0 Å². The van der Waals surface area contributed by atoms with E-state index in [9.17, 15) is 4.79 Å². The Labute approximate surface area is 194 Å². The molecule has 162 valence electrons. The summed E-state index contributed by atoms with van der Waals surface area (Å²) in [6.45, 7) is 4.61. The van der Waals surface area contributed by atoms with Crippen LogP contribution in [-0.4, -0.2) is 11.1 Å². The molecule has 0 heterocycles. The minimum absolute atomic E-state index is 0.0817. The smallest absolute Gasteiger partial charge is 0.335 e. The second kappa shape index (κ2) is 8.22. The van der Waals surface area contributed by atoms with Crippen LogP contribution in [0.5, 0.6) is 0 Å². The zero-order valence-corrected chi connectivity index (χ0v) is 18.9. The molecule has 4 aromatic carbocycles. The number of rotatable bonds is 4. The molecule has 1 N–H and O–H groups in total. The molecule has 2 heteroatoms. The lowest BCUT2D eigenvalue weighted by Gasteiger charge is -2.33. The van der Waals surface area contributed by atoms with Gasteiger partial charge < -0.3 is 5.11 Å². The van der Waals surface area contributed by atoms with Gasteiger partial charge >= 0.3 is 5.97 Å². The number of allylic oxidation sites excluding steroid dienone is 1. The molecule has 0 fully saturated rings. The topological polar surface area (TPSA) is 37.3 Å².